The van der Waals surface area contributed by atoms with Gasteiger partial charge in [-0.15, -0.1) is 0 Å². The number of methoxy groups -OCH3 is 1. The zero-order valence-electron chi connectivity index (χ0n) is 23.8. The predicted octanol–water partition coefficient (Wildman–Crippen LogP) is 7.78. The maximum Gasteiger partial charge on any atom is 0.312 e. The topological polar surface area (TPSA) is 43.4 Å². The molecule has 8 atom stereocenters. The highest BCUT2D eigenvalue weighted by Crippen LogP contribution is 2.75. The fourth-order valence-electron chi connectivity index (χ4n) is 11.3. The fraction of sp³-hybridized carbons (Fsp3) is 0.875. The van der Waals surface area contributed by atoms with Gasteiger partial charge in [0.2, 0.25) is 0 Å². The largest absolute Gasteiger partial charge is 0.469 e. The van der Waals surface area contributed by atoms with Crippen molar-refractivity contribution in [1.82, 2.24) is 0 Å². The minimum absolute atomic E-state index is 0.0337. The molecule has 5 rings (SSSR count). The number of ether oxygens (including phenoxy) is 1. The van der Waals surface area contributed by atoms with Gasteiger partial charge in [-0.1, -0.05) is 60.1 Å². The van der Waals surface area contributed by atoms with Gasteiger partial charge in [0, 0.05) is 5.92 Å². The van der Waals surface area contributed by atoms with Crippen molar-refractivity contribution in [3.63, 3.8) is 0 Å². The standard InChI is InChI=1S/C32H50O3/c1-27(2)17-18-32(26(34)35-8)16-12-24-30(6)14-10-22-28(3,4)21(20-33)9-13-29(22,5)23(30)11-15-31(24,7)25(32)19-27/h12,20-23,25H,9-11,13-19H2,1-8H3. The molecule has 0 radical (unpaired) electrons. The molecule has 0 heterocycles. The smallest absolute Gasteiger partial charge is 0.312 e. The molecule has 5 aliphatic rings. The number of hydrogen-bond donors (Lipinski definition) is 0. The first-order chi connectivity index (χ1) is 16.2. The molecule has 0 aromatic heterocycles. The molecule has 3 nitrogen and oxygen atoms in total. The van der Waals surface area contributed by atoms with Gasteiger partial charge in [-0.25, -0.2) is 0 Å². The van der Waals surface area contributed by atoms with Crippen LogP contribution in [0.5, 0.6) is 0 Å². The van der Waals surface area contributed by atoms with Crippen molar-refractivity contribution >= 4 is 12.3 Å². The number of hydrogen-bond acceptors (Lipinski definition) is 3. The number of rotatable bonds is 2. The Hall–Kier alpha value is -1.12. The molecule has 0 aliphatic heterocycles. The van der Waals surface area contributed by atoms with Crippen LogP contribution in [0, 0.1) is 56.2 Å². The van der Waals surface area contributed by atoms with E-state index in [1.54, 1.807) is 12.7 Å². The van der Waals surface area contributed by atoms with Crippen LogP contribution >= 0.6 is 0 Å². The van der Waals surface area contributed by atoms with E-state index >= 15 is 0 Å². The number of carbonyl (C=O) groups excluding carboxylic acids is 2. The lowest BCUT2D eigenvalue weighted by Crippen LogP contribution is -2.63. The molecule has 5 aliphatic carbocycles. The van der Waals surface area contributed by atoms with Crippen molar-refractivity contribution in [2.75, 3.05) is 7.11 Å². The van der Waals surface area contributed by atoms with Gasteiger partial charge in [0.05, 0.1) is 12.5 Å². The lowest BCUT2D eigenvalue weighted by atomic mass is 9.34. The van der Waals surface area contributed by atoms with Gasteiger partial charge in [-0.3, -0.25) is 4.79 Å². The molecule has 8 unspecified atom stereocenters. The van der Waals surface area contributed by atoms with Crippen molar-refractivity contribution < 1.29 is 14.3 Å². The Morgan fingerprint density at radius 2 is 1.49 bits per heavy atom. The Labute approximate surface area is 214 Å². The first kappa shape index (κ1) is 25.5. The molecule has 0 aromatic rings. The SMILES string of the molecule is COC(=O)C12CC=C3C(C)(CCC4C3(C)CCC3C(C)(C)C(C=O)CCC43C)C1CC(C)(C)CC2. The van der Waals surface area contributed by atoms with E-state index in [0.717, 1.165) is 32.1 Å². The number of carbonyl (C=O) groups is 2. The van der Waals surface area contributed by atoms with Gasteiger partial charge in [0.15, 0.2) is 0 Å². The summed E-state index contributed by atoms with van der Waals surface area (Å²) in [6, 6.07) is 0. The molecule has 4 saturated carbocycles. The van der Waals surface area contributed by atoms with Gasteiger partial charge in [0.25, 0.3) is 0 Å². The quantitative estimate of drug-likeness (QED) is 0.229. The molecule has 0 saturated heterocycles. The summed E-state index contributed by atoms with van der Waals surface area (Å²) in [5.41, 5.74) is 2.20. The van der Waals surface area contributed by atoms with Crippen molar-refractivity contribution in [3.8, 4) is 0 Å². The van der Waals surface area contributed by atoms with Crippen LogP contribution < -0.4 is 0 Å². The first-order valence-electron chi connectivity index (χ1n) is 14.5. The molecule has 0 aromatic carbocycles. The predicted molar refractivity (Wildman–Crippen MR) is 141 cm³/mol. The molecule has 4 fully saturated rings. The Morgan fingerprint density at radius 1 is 0.857 bits per heavy atom. The third-order valence-corrected chi connectivity index (χ3v) is 13.2. The first-order valence-corrected chi connectivity index (χ1v) is 14.5. The average Bonchev–Trinajstić information content (AvgIpc) is 2.78. The summed E-state index contributed by atoms with van der Waals surface area (Å²) >= 11 is 0. The van der Waals surface area contributed by atoms with Crippen LogP contribution in [-0.2, 0) is 14.3 Å². The van der Waals surface area contributed by atoms with E-state index in [1.807, 2.05) is 0 Å². The van der Waals surface area contributed by atoms with Crippen LogP contribution in [0.15, 0.2) is 11.6 Å². The lowest BCUT2D eigenvalue weighted by molar-refractivity contribution is -0.183. The van der Waals surface area contributed by atoms with Crippen LogP contribution in [0.1, 0.15) is 113 Å². The number of allylic oxidation sites excluding steroid dienone is 2. The van der Waals surface area contributed by atoms with Gasteiger partial charge < -0.3 is 9.53 Å². The minimum Gasteiger partial charge on any atom is -0.469 e. The highest BCUT2D eigenvalue weighted by atomic mass is 16.5. The van der Waals surface area contributed by atoms with Gasteiger partial charge >= 0.3 is 5.97 Å². The number of esters is 1. The number of aldehydes is 1. The normalized spacial score (nSPS) is 49.9. The molecule has 35 heavy (non-hydrogen) atoms. The molecule has 0 N–H and O–H groups in total. The zero-order chi connectivity index (χ0) is 25.7. The molecule has 196 valence electrons. The van der Waals surface area contributed by atoms with Gasteiger partial charge in [-0.05, 0) is 109 Å². The highest BCUT2D eigenvalue weighted by Gasteiger charge is 2.68. The van der Waals surface area contributed by atoms with E-state index in [-0.39, 0.29) is 44.4 Å². The Kier molecular flexibility index (Phi) is 5.62. The maximum atomic E-state index is 13.4. The Morgan fingerprint density at radius 3 is 2.11 bits per heavy atom. The minimum atomic E-state index is -0.350. The molecule has 0 spiro atoms. The second-order valence-corrected chi connectivity index (χ2v) is 15.5. The Bertz CT molecular complexity index is 944. The summed E-state index contributed by atoms with van der Waals surface area (Å²) in [6.45, 7) is 17.2. The van der Waals surface area contributed by atoms with E-state index in [9.17, 15) is 9.59 Å². The fourth-order valence-corrected chi connectivity index (χ4v) is 11.3. The second kappa shape index (κ2) is 7.70. The monoisotopic (exact) mass is 482 g/mol. The van der Waals surface area contributed by atoms with Gasteiger partial charge in [-0.2, -0.15) is 0 Å². The van der Waals surface area contributed by atoms with E-state index in [0.29, 0.717) is 17.8 Å². The average molecular weight is 483 g/mol. The molecule has 3 heteroatoms. The van der Waals surface area contributed by atoms with Crippen molar-refractivity contribution in [1.29, 1.82) is 0 Å². The summed E-state index contributed by atoms with van der Waals surface area (Å²) in [4.78, 5) is 25.4. The van der Waals surface area contributed by atoms with Crippen LogP contribution in [0.2, 0.25) is 0 Å². The van der Waals surface area contributed by atoms with E-state index in [1.165, 1.54) is 38.4 Å². The van der Waals surface area contributed by atoms with Crippen molar-refractivity contribution in [2.45, 2.75) is 113 Å². The van der Waals surface area contributed by atoms with Crippen LogP contribution in [0.3, 0.4) is 0 Å². The second-order valence-electron chi connectivity index (χ2n) is 15.5. The zero-order valence-corrected chi connectivity index (χ0v) is 23.8. The molecule has 0 bridgehead atoms. The third-order valence-electron chi connectivity index (χ3n) is 13.2. The summed E-state index contributed by atoms with van der Waals surface area (Å²) in [7, 11) is 1.59. The maximum absolute atomic E-state index is 13.4. The molecular weight excluding hydrogens is 432 g/mol. The molecule has 0 amide bonds. The molecular formula is C32H50O3. The summed E-state index contributed by atoms with van der Waals surface area (Å²) in [5, 5.41) is 0. The summed E-state index contributed by atoms with van der Waals surface area (Å²) in [5.74, 6) is 1.84. The van der Waals surface area contributed by atoms with Crippen LogP contribution in [0.4, 0.5) is 0 Å². The van der Waals surface area contributed by atoms with Crippen molar-refractivity contribution in [2.24, 2.45) is 56.2 Å². The van der Waals surface area contributed by atoms with E-state index in [4.69, 9.17) is 4.74 Å². The summed E-state index contributed by atoms with van der Waals surface area (Å²) < 4.78 is 5.51. The van der Waals surface area contributed by atoms with E-state index < -0.39 is 0 Å². The summed E-state index contributed by atoms with van der Waals surface area (Å²) in [6.07, 6.45) is 14.9. The highest BCUT2D eigenvalue weighted by molar-refractivity contribution is 5.78. The Balaban J connectivity index is 1.58. The third kappa shape index (κ3) is 3.21. The van der Waals surface area contributed by atoms with Crippen LogP contribution in [-0.4, -0.2) is 19.4 Å². The lowest BCUT2D eigenvalue weighted by Gasteiger charge is -2.70. The number of fused-ring (bicyclic) bond motifs is 7. The van der Waals surface area contributed by atoms with Crippen molar-refractivity contribution in [3.05, 3.63) is 11.6 Å². The van der Waals surface area contributed by atoms with Crippen LogP contribution in [0.25, 0.3) is 0 Å². The van der Waals surface area contributed by atoms with Gasteiger partial charge in [0.1, 0.15) is 6.29 Å². The van der Waals surface area contributed by atoms with E-state index in [2.05, 4.69) is 54.5 Å².